The number of aliphatic hydroxyl groups excluding tert-OH is 1. The fraction of sp³-hybridized carbons (Fsp3) is 0.360. The molecule has 1 amide bonds. The second-order valence-corrected chi connectivity index (χ2v) is 8.07. The minimum Gasteiger partial charge on any atom is -0.391 e. The third-order valence-electron chi connectivity index (χ3n) is 5.56. The summed E-state index contributed by atoms with van der Waals surface area (Å²) in [6, 6.07) is 3.92. The number of aryl methyl sites for hydroxylation is 1. The predicted octanol–water partition coefficient (Wildman–Crippen LogP) is 4.09. The maximum absolute atomic E-state index is 13.0. The number of allylic oxidation sites excluding steroid dienone is 3. The quantitative estimate of drug-likeness (QED) is 0.361. The number of aliphatic imine (C=N–C) groups is 2. The summed E-state index contributed by atoms with van der Waals surface area (Å²) in [6.07, 6.45) is 5.63. The van der Waals surface area contributed by atoms with Crippen LogP contribution in [0.1, 0.15) is 34.1 Å². The standard InChI is InChI=1S/C25H32N6O2/c1-7-26-17(4)11-16(3)18(5)28-19(6)25(33)29-22-13-23-20(14-27-31(23)8-2)12-24(22)30-10-9-21(32)15-30/h7,11-14,21,32H,3,6,8-10,15H2,1-2,4-5H3,(H,29,33)/b17-11-,26-7?,28-18?/t21-/m0/s1. The molecule has 1 saturated heterocycles. The minimum absolute atomic E-state index is 0.0789. The molecule has 1 atom stereocenters. The number of nitrogens with zero attached hydrogens (tertiary/aromatic N) is 5. The number of fused-ring (bicyclic) bond motifs is 1. The van der Waals surface area contributed by atoms with E-state index in [9.17, 15) is 9.90 Å². The molecule has 8 nitrogen and oxygen atoms in total. The van der Waals surface area contributed by atoms with Gasteiger partial charge in [-0.2, -0.15) is 5.10 Å². The predicted molar refractivity (Wildman–Crippen MR) is 136 cm³/mol. The highest BCUT2D eigenvalue weighted by Gasteiger charge is 2.24. The maximum Gasteiger partial charge on any atom is 0.273 e. The van der Waals surface area contributed by atoms with Crippen molar-refractivity contribution in [2.75, 3.05) is 23.3 Å². The summed E-state index contributed by atoms with van der Waals surface area (Å²) in [5.74, 6) is -0.405. The van der Waals surface area contributed by atoms with E-state index in [1.807, 2.05) is 43.8 Å². The summed E-state index contributed by atoms with van der Waals surface area (Å²) in [5, 5.41) is 18.4. The van der Waals surface area contributed by atoms with Gasteiger partial charge in [-0.15, -0.1) is 0 Å². The summed E-state index contributed by atoms with van der Waals surface area (Å²) in [6.45, 7) is 17.3. The molecule has 1 aromatic carbocycles. The number of carbonyl (C=O) groups is 1. The summed E-state index contributed by atoms with van der Waals surface area (Å²) in [4.78, 5) is 23.6. The van der Waals surface area contributed by atoms with E-state index >= 15 is 0 Å². The SMILES string of the molecule is C=C(/C=C(/C)N=CC)C(C)=NC(=C)C(=O)Nc1cc2c(cnn2CC)cc1N1CC[C@H](O)C1. The van der Waals surface area contributed by atoms with Crippen molar-refractivity contribution >= 4 is 40.1 Å². The summed E-state index contributed by atoms with van der Waals surface area (Å²) in [7, 11) is 0. The fourth-order valence-corrected chi connectivity index (χ4v) is 3.81. The topological polar surface area (TPSA) is 95.1 Å². The smallest absolute Gasteiger partial charge is 0.273 e. The Morgan fingerprint density at radius 1 is 1.36 bits per heavy atom. The zero-order valence-corrected chi connectivity index (χ0v) is 19.8. The monoisotopic (exact) mass is 448 g/mol. The molecular formula is C25H32N6O2. The van der Waals surface area contributed by atoms with E-state index in [0.29, 0.717) is 43.0 Å². The number of carbonyl (C=O) groups excluding carboxylic acids is 1. The molecule has 1 aliphatic heterocycles. The molecule has 1 fully saturated rings. The fourth-order valence-electron chi connectivity index (χ4n) is 3.81. The number of rotatable bonds is 8. The van der Waals surface area contributed by atoms with Gasteiger partial charge in [0.05, 0.1) is 29.2 Å². The number of aliphatic hydroxyl groups is 1. The number of anilines is 2. The van der Waals surface area contributed by atoms with Gasteiger partial charge in [-0.25, -0.2) is 4.99 Å². The van der Waals surface area contributed by atoms with E-state index in [-0.39, 0.29) is 11.8 Å². The van der Waals surface area contributed by atoms with Crippen LogP contribution < -0.4 is 10.2 Å². The molecule has 0 spiro atoms. The molecule has 174 valence electrons. The molecular weight excluding hydrogens is 416 g/mol. The summed E-state index contributed by atoms with van der Waals surface area (Å²) < 4.78 is 1.88. The first-order valence-electron chi connectivity index (χ1n) is 11.1. The van der Waals surface area contributed by atoms with Gasteiger partial charge in [0.1, 0.15) is 5.70 Å². The maximum atomic E-state index is 13.0. The molecule has 1 aromatic heterocycles. The van der Waals surface area contributed by atoms with Crippen LogP contribution in [0.3, 0.4) is 0 Å². The number of hydrogen-bond donors (Lipinski definition) is 2. The number of hydrogen-bond acceptors (Lipinski definition) is 6. The molecule has 0 bridgehead atoms. The van der Waals surface area contributed by atoms with Gasteiger partial charge in [0.2, 0.25) is 0 Å². The van der Waals surface area contributed by atoms with Crippen LogP contribution in [-0.4, -0.2) is 51.9 Å². The minimum atomic E-state index is -0.405. The van der Waals surface area contributed by atoms with Gasteiger partial charge in [-0.3, -0.25) is 14.5 Å². The average molecular weight is 449 g/mol. The molecule has 33 heavy (non-hydrogen) atoms. The Morgan fingerprint density at radius 3 is 2.76 bits per heavy atom. The highest BCUT2D eigenvalue weighted by Crippen LogP contribution is 2.34. The zero-order valence-electron chi connectivity index (χ0n) is 19.8. The summed E-state index contributed by atoms with van der Waals surface area (Å²) >= 11 is 0. The van der Waals surface area contributed by atoms with Crippen LogP contribution in [0.15, 0.2) is 64.5 Å². The Kier molecular flexibility index (Phi) is 7.60. The van der Waals surface area contributed by atoms with Crippen LogP contribution in [0.5, 0.6) is 0 Å². The molecule has 0 saturated carbocycles. The zero-order chi connectivity index (χ0) is 24.1. The van der Waals surface area contributed by atoms with Crippen molar-refractivity contribution in [1.82, 2.24) is 9.78 Å². The molecule has 3 rings (SSSR count). The number of amides is 1. The van der Waals surface area contributed by atoms with Crippen molar-refractivity contribution < 1.29 is 9.90 Å². The van der Waals surface area contributed by atoms with Gasteiger partial charge in [-0.05, 0) is 57.9 Å². The van der Waals surface area contributed by atoms with Gasteiger partial charge in [0.25, 0.3) is 5.91 Å². The van der Waals surface area contributed by atoms with Crippen LogP contribution in [0.2, 0.25) is 0 Å². The van der Waals surface area contributed by atoms with Gasteiger partial charge in [-0.1, -0.05) is 13.2 Å². The van der Waals surface area contributed by atoms with Crippen LogP contribution in [-0.2, 0) is 11.3 Å². The number of aromatic nitrogens is 2. The van der Waals surface area contributed by atoms with Crippen LogP contribution in [0.25, 0.3) is 10.9 Å². The van der Waals surface area contributed by atoms with E-state index in [0.717, 1.165) is 22.3 Å². The molecule has 2 aromatic rings. The van der Waals surface area contributed by atoms with Gasteiger partial charge in [0, 0.05) is 42.6 Å². The highest BCUT2D eigenvalue weighted by molar-refractivity contribution is 6.10. The van der Waals surface area contributed by atoms with Crippen molar-refractivity contribution in [3.63, 3.8) is 0 Å². The molecule has 0 unspecified atom stereocenters. The third kappa shape index (κ3) is 5.64. The lowest BCUT2D eigenvalue weighted by Gasteiger charge is -2.22. The van der Waals surface area contributed by atoms with E-state index < -0.39 is 5.91 Å². The molecule has 2 heterocycles. The molecule has 1 aliphatic rings. The van der Waals surface area contributed by atoms with E-state index in [1.165, 1.54) is 0 Å². The van der Waals surface area contributed by atoms with Gasteiger partial charge in [0.15, 0.2) is 0 Å². The largest absolute Gasteiger partial charge is 0.391 e. The van der Waals surface area contributed by atoms with E-state index in [1.54, 1.807) is 19.2 Å². The Morgan fingerprint density at radius 2 is 2.12 bits per heavy atom. The highest BCUT2D eigenvalue weighted by atomic mass is 16.3. The second-order valence-electron chi connectivity index (χ2n) is 8.07. The van der Waals surface area contributed by atoms with E-state index in [4.69, 9.17) is 0 Å². The average Bonchev–Trinajstić information content (AvgIpc) is 3.38. The van der Waals surface area contributed by atoms with Crippen LogP contribution in [0.4, 0.5) is 11.4 Å². The molecule has 0 radical (unpaired) electrons. The molecule has 8 heteroatoms. The van der Waals surface area contributed by atoms with Crippen molar-refractivity contribution in [3.8, 4) is 0 Å². The Bertz CT molecular complexity index is 1170. The van der Waals surface area contributed by atoms with Crippen LogP contribution in [0, 0.1) is 0 Å². The number of nitrogens with one attached hydrogen (secondary N) is 1. The first-order chi connectivity index (χ1) is 15.7. The van der Waals surface area contributed by atoms with Crippen molar-refractivity contribution in [3.05, 3.63) is 54.5 Å². The van der Waals surface area contributed by atoms with E-state index in [2.05, 4.69) is 38.5 Å². The molecule has 0 aliphatic carbocycles. The lowest BCUT2D eigenvalue weighted by atomic mass is 10.1. The Balaban J connectivity index is 1.87. The van der Waals surface area contributed by atoms with Gasteiger partial charge < -0.3 is 15.3 Å². The second kappa shape index (κ2) is 10.4. The Hall–Kier alpha value is -3.52. The van der Waals surface area contributed by atoms with Crippen molar-refractivity contribution in [1.29, 1.82) is 0 Å². The lowest BCUT2D eigenvalue weighted by Crippen LogP contribution is -2.23. The third-order valence-corrected chi connectivity index (χ3v) is 5.56. The van der Waals surface area contributed by atoms with Gasteiger partial charge >= 0.3 is 0 Å². The Labute approximate surface area is 194 Å². The number of benzene rings is 1. The van der Waals surface area contributed by atoms with Crippen LogP contribution >= 0.6 is 0 Å². The molecule has 2 N–H and O–H groups in total. The van der Waals surface area contributed by atoms with Crippen molar-refractivity contribution in [2.45, 2.75) is 46.8 Å². The van der Waals surface area contributed by atoms with Crippen molar-refractivity contribution in [2.24, 2.45) is 9.98 Å². The normalized spacial score (nSPS) is 17.2. The number of β-amino-alcohol motifs (C(OH)–C–C–N with tert-alkyl or cyclic N) is 1. The first-order valence-corrected chi connectivity index (χ1v) is 11.1. The lowest BCUT2D eigenvalue weighted by molar-refractivity contribution is -0.112. The first kappa shape index (κ1) is 24.1. The summed E-state index contributed by atoms with van der Waals surface area (Å²) in [5.41, 5.74) is 4.53.